The van der Waals surface area contributed by atoms with Gasteiger partial charge in [0.05, 0.1) is 16.4 Å². The highest BCUT2D eigenvalue weighted by Crippen LogP contribution is 2.28. The van der Waals surface area contributed by atoms with Crippen LogP contribution in [0.3, 0.4) is 0 Å². The van der Waals surface area contributed by atoms with Crippen LogP contribution >= 0.6 is 11.8 Å². The number of carbonyl (C=O) groups excluding carboxylic acids is 1. The second-order valence-electron chi connectivity index (χ2n) is 6.71. The number of nitro groups is 1. The molecule has 0 aliphatic rings. The number of nitrogens with zero attached hydrogens (tertiary/aromatic N) is 5. The lowest BCUT2D eigenvalue weighted by atomic mass is 10.1. The second kappa shape index (κ2) is 8.39. The summed E-state index contributed by atoms with van der Waals surface area (Å²) in [5.74, 6) is -0.369. The van der Waals surface area contributed by atoms with Crippen LogP contribution < -0.4 is 5.32 Å². The third kappa shape index (κ3) is 4.60. The number of aromatic nitrogens is 4. The van der Waals surface area contributed by atoms with E-state index < -0.39 is 4.92 Å². The lowest BCUT2D eigenvalue weighted by molar-refractivity contribution is -0.384. The summed E-state index contributed by atoms with van der Waals surface area (Å²) in [5, 5.41) is 26.1. The fraction of sp³-hybridized carbons (Fsp3) is 0.263. The quantitative estimate of drug-likeness (QED) is 0.374. The molecule has 0 atom stereocenters. The molecule has 1 aromatic heterocycles. The lowest BCUT2D eigenvalue weighted by Gasteiger charge is -2.10. The van der Waals surface area contributed by atoms with Gasteiger partial charge in [-0.25, -0.2) is 0 Å². The summed E-state index contributed by atoms with van der Waals surface area (Å²) < 4.78 is 1.58. The first-order valence-electron chi connectivity index (χ1n) is 8.80. The third-order valence-electron chi connectivity index (χ3n) is 4.45. The van der Waals surface area contributed by atoms with Gasteiger partial charge in [-0.2, -0.15) is 4.68 Å². The zero-order valence-corrected chi connectivity index (χ0v) is 17.3. The van der Waals surface area contributed by atoms with Crippen LogP contribution in [0.25, 0.3) is 5.69 Å². The van der Waals surface area contributed by atoms with E-state index in [4.69, 9.17) is 0 Å². The van der Waals surface area contributed by atoms with E-state index in [0.717, 1.165) is 39.7 Å². The first-order chi connectivity index (χ1) is 13.8. The first kappa shape index (κ1) is 20.5. The summed E-state index contributed by atoms with van der Waals surface area (Å²) in [5.41, 5.74) is 4.60. The van der Waals surface area contributed by atoms with Gasteiger partial charge in [0.1, 0.15) is 5.69 Å². The van der Waals surface area contributed by atoms with Crippen LogP contribution in [0.5, 0.6) is 0 Å². The monoisotopic (exact) mass is 412 g/mol. The Morgan fingerprint density at radius 2 is 1.86 bits per heavy atom. The van der Waals surface area contributed by atoms with Crippen LogP contribution in [0.4, 0.5) is 11.4 Å². The Morgan fingerprint density at radius 3 is 2.59 bits per heavy atom. The number of nitrogens with one attached hydrogen (secondary N) is 1. The van der Waals surface area contributed by atoms with Crippen molar-refractivity contribution in [3.05, 3.63) is 62.7 Å². The molecular weight excluding hydrogens is 392 g/mol. The Kier molecular flexibility index (Phi) is 5.92. The predicted octanol–water partition coefficient (Wildman–Crippen LogP) is 3.53. The molecule has 2 aromatic carbocycles. The number of amides is 1. The maximum Gasteiger partial charge on any atom is 0.293 e. The van der Waals surface area contributed by atoms with Crippen LogP contribution in [0, 0.1) is 37.8 Å². The topological polar surface area (TPSA) is 116 Å². The van der Waals surface area contributed by atoms with Gasteiger partial charge in [0.2, 0.25) is 11.1 Å². The number of carbonyl (C=O) groups is 1. The van der Waals surface area contributed by atoms with Gasteiger partial charge >= 0.3 is 0 Å². The zero-order chi connectivity index (χ0) is 21.1. The molecule has 0 spiro atoms. The molecule has 1 amide bonds. The summed E-state index contributed by atoms with van der Waals surface area (Å²) in [6.07, 6.45) is 0. The Labute approximate surface area is 171 Å². The number of thioether (sulfide) groups is 1. The third-order valence-corrected chi connectivity index (χ3v) is 5.37. The molecular formula is C19H20N6O3S. The van der Waals surface area contributed by atoms with E-state index in [1.807, 2.05) is 39.0 Å². The highest BCUT2D eigenvalue weighted by molar-refractivity contribution is 7.99. The van der Waals surface area contributed by atoms with Crippen molar-refractivity contribution in [2.45, 2.75) is 32.9 Å². The lowest BCUT2D eigenvalue weighted by Crippen LogP contribution is -2.16. The van der Waals surface area contributed by atoms with Gasteiger partial charge in [0.15, 0.2) is 0 Å². The molecule has 0 saturated carbocycles. The minimum absolute atomic E-state index is 0.00924. The Hall–Kier alpha value is -3.27. The zero-order valence-electron chi connectivity index (χ0n) is 16.5. The van der Waals surface area contributed by atoms with E-state index in [2.05, 4.69) is 20.8 Å². The summed E-state index contributed by atoms with van der Waals surface area (Å²) in [6.45, 7) is 7.55. The number of aryl methyl sites for hydroxylation is 4. The maximum atomic E-state index is 12.4. The summed E-state index contributed by atoms with van der Waals surface area (Å²) in [4.78, 5) is 23.2. The summed E-state index contributed by atoms with van der Waals surface area (Å²) >= 11 is 1.16. The molecule has 3 aromatic rings. The highest BCUT2D eigenvalue weighted by Gasteiger charge is 2.19. The molecule has 0 unspecified atom stereocenters. The fourth-order valence-corrected chi connectivity index (χ4v) is 3.42. The molecule has 0 aliphatic carbocycles. The molecule has 0 radical (unpaired) electrons. The number of hydrogen-bond acceptors (Lipinski definition) is 7. The molecule has 1 heterocycles. The second-order valence-corrected chi connectivity index (χ2v) is 7.65. The Balaban J connectivity index is 1.75. The standard InChI is InChI=1S/C19H20N6O3S/c1-11-5-6-12(2)16(7-11)24-19(21-22-23-24)29-10-18(26)20-15-8-13(3)14(4)9-17(15)25(27)28/h5-9H,10H2,1-4H3,(H,20,26). The van der Waals surface area contributed by atoms with Crippen LogP contribution in [0.15, 0.2) is 35.5 Å². The van der Waals surface area contributed by atoms with Gasteiger partial charge in [-0.05, 0) is 72.5 Å². The summed E-state index contributed by atoms with van der Waals surface area (Å²) in [7, 11) is 0. The van der Waals surface area contributed by atoms with Crippen molar-refractivity contribution in [2.24, 2.45) is 0 Å². The van der Waals surface area contributed by atoms with Gasteiger partial charge in [-0.15, -0.1) is 5.10 Å². The van der Waals surface area contributed by atoms with Crippen molar-refractivity contribution in [3.8, 4) is 5.69 Å². The molecule has 0 saturated heterocycles. The molecule has 1 N–H and O–H groups in total. The van der Waals surface area contributed by atoms with Crippen molar-refractivity contribution in [1.29, 1.82) is 0 Å². The van der Waals surface area contributed by atoms with E-state index >= 15 is 0 Å². The van der Waals surface area contributed by atoms with E-state index in [1.54, 1.807) is 17.7 Å². The maximum absolute atomic E-state index is 12.4. The molecule has 10 heteroatoms. The number of rotatable bonds is 6. The minimum Gasteiger partial charge on any atom is -0.320 e. The van der Waals surface area contributed by atoms with Gasteiger partial charge in [0.25, 0.3) is 5.69 Å². The average Bonchev–Trinajstić information content (AvgIpc) is 3.13. The highest BCUT2D eigenvalue weighted by atomic mass is 32.2. The van der Waals surface area contributed by atoms with Crippen molar-refractivity contribution < 1.29 is 9.72 Å². The van der Waals surface area contributed by atoms with Gasteiger partial charge in [-0.3, -0.25) is 14.9 Å². The van der Waals surface area contributed by atoms with Crippen molar-refractivity contribution in [2.75, 3.05) is 11.1 Å². The number of anilines is 1. The number of benzene rings is 2. The van der Waals surface area contributed by atoms with Crippen molar-refractivity contribution >= 4 is 29.0 Å². The summed E-state index contributed by atoms with van der Waals surface area (Å²) in [6, 6.07) is 9.01. The molecule has 0 fully saturated rings. The van der Waals surface area contributed by atoms with E-state index in [1.165, 1.54) is 6.07 Å². The Bertz CT molecular complexity index is 1100. The van der Waals surface area contributed by atoms with Gasteiger partial charge < -0.3 is 5.32 Å². The van der Waals surface area contributed by atoms with Crippen LogP contribution in [0.1, 0.15) is 22.3 Å². The Morgan fingerprint density at radius 1 is 1.14 bits per heavy atom. The van der Waals surface area contributed by atoms with E-state index in [0.29, 0.717) is 5.16 Å². The SMILES string of the molecule is Cc1ccc(C)c(-n2nnnc2SCC(=O)Nc2cc(C)c(C)cc2[N+](=O)[O-])c1. The smallest absolute Gasteiger partial charge is 0.293 e. The van der Waals surface area contributed by atoms with Gasteiger partial charge in [0, 0.05) is 6.07 Å². The largest absolute Gasteiger partial charge is 0.320 e. The molecule has 150 valence electrons. The molecule has 9 nitrogen and oxygen atoms in total. The fourth-order valence-electron chi connectivity index (χ4n) is 2.74. The van der Waals surface area contributed by atoms with E-state index in [9.17, 15) is 14.9 Å². The first-order valence-corrected chi connectivity index (χ1v) is 9.79. The van der Waals surface area contributed by atoms with Crippen LogP contribution in [-0.4, -0.2) is 36.8 Å². The number of tetrazole rings is 1. The predicted molar refractivity (Wildman–Crippen MR) is 111 cm³/mol. The number of nitro benzene ring substituents is 1. The number of hydrogen-bond donors (Lipinski definition) is 1. The average molecular weight is 412 g/mol. The van der Waals surface area contributed by atoms with Crippen molar-refractivity contribution in [3.63, 3.8) is 0 Å². The molecule has 3 rings (SSSR count). The van der Waals surface area contributed by atoms with Crippen LogP contribution in [0.2, 0.25) is 0 Å². The van der Waals surface area contributed by atoms with Gasteiger partial charge in [-0.1, -0.05) is 23.9 Å². The molecule has 0 bridgehead atoms. The molecule has 29 heavy (non-hydrogen) atoms. The van der Waals surface area contributed by atoms with E-state index in [-0.39, 0.29) is 23.0 Å². The minimum atomic E-state index is -0.504. The molecule has 0 aliphatic heterocycles. The van der Waals surface area contributed by atoms with Crippen molar-refractivity contribution in [1.82, 2.24) is 20.2 Å². The van der Waals surface area contributed by atoms with Crippen LogP contribution in [-0.2, 0) is 4.79 Å². The normalized spacial score (nSPS) is 10.8.